The Kier molecular flexibility index (Phi) is 2.84. The number of rotatable bonds is 1. The average Bonchev–Trinajstić information content (AvgIpc) is 2.07. The molecule has 60 valence electrons. The number of halogens is 1. The molecule has 0 aliphatic rings. The van der Waals surface area contributed by atoms with Crippen molar-refractivity contribution < 1.29 is 0 Å². The monoisotopic (exact) mass is 178 g/mol. The summed E-state index contributed by atoms with van der Waals surface area (Å²) in [5.74, 6) is 0. The maximum atomic E-state index is 8.27. The van der Waals surface area contributed by atoms with Gasteiger partial charge >= 0.3 is 0 Å². The van der Waals surface area contributed by atoms with Crippen LogP contribution in [0.15, 0.2) is 18.3 Å². The van der Waals surface area contributed by atoms with Crippen molar-refractivity contribution in [1.82, 2.24) is 4.98 Å². The number of nitriles is 1. The van der Waals surface area contributed by atoms with E-state index in [2.05, 4.69) is 4.98 Å². The van der Waals surface area contributed by atoms with E-state index in [9.17, 15) is 0 Å². The highest BCUT2D eigenvalue weighted by Crippen LogP contribution is 2.13. The van der Waals surface area contributed by atoms with Gasteiger partial charge in [0, 0.05) is 12.3 Å². The predicted octanol–water partition coefficient (Wildman–Crippen LogP) is 2.58. The molecule has 0 bridgehead atoms. The van der Waals surface area contributed by atoms with Crippen LogP contribution in [0.1, 0.15) is 11.1 Å². The number of aryl methyl sites for hydroxylation is 1. The van der Waals surface area contributed by atoms with Gasteiger partial charge in [0.05, 0.1) is 6.07 Å². The van der Waals surface area contributed by atoms with E-state index in [4.69, 9.17) is 16.9 Å². The van der Waals surface area contributed by atoms with Crippen molar-refractivity contribution in [3.8, 4) is 6.07 Å². The fourth-order valence-corrected chi connectivity index (χ4v) is 0.908. The van der Waals surface area contributed by atoms with E-state index in [1.165, 1.54) is 6.08 Å². The van der Waals surface area contributed by atoms with Crippen LogP contribution in [0.5, 0.6) is 0 Å². The quantitative estimate of drug-likeness (QED) is 0.490. The fraction of sp³-hybridized carbons (Fsp3) is 0.111. The molecule has 0 fully saturated rings. The van der Waals surface area contributed by atoms with E-state index >= 15 is 0 Å². The molecular formula is C9H7ClN2. The fourth-order valence-electron chi connectivity index (χ4n) is 0.804. The van der Waals surface area contributed by atoms with Gasteiger partial charge in [-0.15, -0.1) is 0 Å². The second-order valence-corrected chi connectivity index (χ2v) is 2.70. The molecule has 1 heterocycles. The van der Waals surface area contributed by atoms with E-state index in [0.29, 0.717) is 5.15 Å². The molecule has 0 aliphatic carbocycles. The maximum Gasteiger partial charge on any atom is 0.131 e. The first-order valence-corrected chi connectivity index (χ1v) is 3.80. The minimum Gasteiger partial charge on any atom is -0.244 e. The Labute approximate surface area is 76.1 Å². The Bertz CT molecular complexity index is 350. The molecule has 0 saturated carbocycles. The molecule has 0 radical (unpaired) electrons. The molecule has 1 rings (SSSR count). The summed E-state index contributed by atoms with van der Waals surface area (Å²) in [6.45, 7) is 1.87. The maximum absolute atomic E-state index is 8.27. The van der Waals surface area contributed by atoms with E-state index in [1.54, 1.807) is 12.3 Å². The molecule has 0 saturated heterocycles. The Hall–Kier alpha value is -1.33. The van der Waals surface area contributed by atoms with Crippen LogP contribution < -0.4 is 0 Å². The predicted molar refractivity (Wildman–Crippen MR) is 48.6 cm³/mol. The van der Waals surface area contributed by atoms with Crippen LogP contribution in [0, 0.1) is 18.3 Å². The van der Waals surface area contributed by atoms with E-state index < -0.39 is 0 Å². The smallest absolute Gasteiger partial charge is 0.131 e. The molecule has 0 aliphatic heterocycles. The Morgan fingerprint density at radius 2 is 2.42 bits per heavy atom. The Balaban J connectivity index is 2.99. The summed E-state index contributed by atoms with van der Waals surface area (Å²) >= 11 is 5.71. The molecule has 0 amide bonds. The van der Waals surface area contributed by atoms with Gasteiger partial charge < -0.3 is 0 Å². The SMILES string of the molecule is Cc1cc(C=CC#N)cnc1Cl. The summed E-state index contributed by atoms with van der Waals surface area (Å²) < 4.78 is 0. The third-order valence-corrected chi connectivity index (χ3v) is 1.78. The summed E-state index contributed by atoms with van der Waals surface area (Å²) in [5, 5.41) is 8.77. The van der Waals surface area contributed by atoms with Gasteiger partial charge in [0.1, 0.15) is 5.15 Å². The van der Waals surface area contributed by atoms with Crippen LogP contribution in [-0.4, -0.2) is 4.98 Å². The molecule has 3 heteroatoms. The lowest BCUT2D eigenvalue weighted by Gasteiger charge is -1.96. The van der Waals surface area contributed by atoms with Crippen molar-refractivity contribution in [3.63, 3.8) is 0 Å². The van der Waals surface area contributed by atoms with Crippen molar-refractivity contribution in [2.24, 2.45) is 0 Å². The topological polar surface area (TPSA) is 36.7 Å². The highest BCUT2D eigenvalue weighted by Gasteiger charge is 1.95. The molecule has 1 aromatic heterocycles. The van der Waals surface area contributed by atoms with Crippen LogP contribution in [0.3, 0.4) is 0 Å². The van der Waals surface area contributed by atoms with Crippen LogP contribution in [0.25, 0.3) is 6.08 Å². The molecule has 0 spiro atoms. The first kappa shape index (κ1) is 8.76. The minimum absolute atomic E-state index is 0.504. The van der Waals surface area contributed by atoms with E-state index in [-0.39, 0.29) is 0 Å². The van der Waals surface area contributed by atoms with Gasteiger partial charge in [-0.25, -0.2) is 4.98 Å². The molecule has 0 unspecified atom stereocenters. The highest BCUT2D eigenvalue weighted by atomic mass is 35.5. The lowest BCUT2D eigenvalue weighted by molar-refractivity contribution is 1.26. The van der Waals surface area contributed by atoms with Gasteiger partial charge in [0.2, 0.25) is 0 Å². The highest BCUT2D eigenvalue weighted by molar-refractivity contribution is 6.30. The van der Waals surface area contributed by atoms with Crippen LogP contribution >= 0.6 is 11.6 Å². The summed E-state index contributed by atoms with van der Waals surface area (Å²) in [5.41, 5.74) is 1.80. The molecule has 12 heavy (non-hydrogen) atoms. The van der Waals surface area contributed by atoms with Crippen LogP contribution in [-0.2, 0) is 0 Å². The summed E-state index contributed by atoms with van der Waals surface area (Å²) in [6.07, 6.45) is 4.73. The molecule has 0 aromatic carbocycles. The molecule has 0 N–H and O–H groups in total. The number of aromatic nitrogens is 1. The summed E-state index contributed by atoms with van der Waals surface area (Å²) in [7, 11) is 0. The summed E-state index contributed by atoms with van der Waals surface area (Å²) in [4.78, 5) is 3.94. The number of nitrogens with zero attached hydrogens (tertiary/aromatic N) is 2. The molecular weight excluding hydrogens is 172 g/mol. The minimum atomic E-state index is 0.504. The zero-order valence-corrected chi connectivity index (χ0v) is 7.34. The number of hydrogen-bond donors (Lipinski definition) is 0. The lowest BCUT2D eigenvalue weighted by atomic mass is 10.2. The first-order chi connectivity index (χ1) is 5.74. The molecule has 0 atom stereocenters. The van der Waals surface area contributed by atoms with Gasteiger partial charge in [-0.1, -0.05) is 11.6 Å². The van der Waals surface area contributed by atoms with Crippen LogP contribution in [0.2, 0.25) is 5.15 Å². The van der Waals surface area contributed by atoms with Gasteiger partial charge in [-0.2, -0.15) is 5.26 Å². The number of pyridine rings is 1. The van der Waals surface area contributed by atoms with E-state index in [1.807, 2.05) is 19.1 Å². The second-order valence-electron chi connectivity index (χ2n) is 2.34. The largest absolute Gasteiger partial charge is 0.244 e. The standard InChI is InChI=1S/C9H7ClN2/c1-7-5-8(3-2-4-11)6-12-9(7)10/h2-3,5-6H,1H3. The van der Waals surface area contributed by atoms with Gasteiger partial charge in [0.15, 0.2) is 0 Å². The van der Waals surface area contributed by atoms with Gasteiger partial charge in [-0.05, 0) is 30.2 Å². The normalized spacial score (nSPS) is 10.1. The number of allylic oxidation sites excluding steroid dienone is 1. The first-order valence-electron chi connectivity index (χ1n) is 3.42. The second kappa shape index (κ2) is 3.89. The van der Waals surface area contributed by atoms with Crippen molar-refractivity contribution in [2.75, 3.05) is 0 Å². The molecule has 1 aromatic rings. The van der Waals surface area contributed by atoms with Crippen molar-refractivity contribution >= 4 is 17.7 Å². The number of hydrogen-bond acceptors (Lipinski definition) is 2. The zero-order chi connectivity index (χ0) is 8.97. The lowest BCUT2D eigenvalue weighted by Crippen LogP contribution is -1.82. The Morgan fingerprint density at radius 1 is 1.67 bits per heavy atom. The zero-order valence-electron chi connectivity index (χ0n) is 6.58. The third-order valence-electron chi connectivity index (χ3n) is 1.39. The molecule has 2 nitrogen and oxygen atoms in total. The average molecular weight is 179 g/mol. The van der Waals surface area contributed by atoms with Gasteiger partial charge in [-0.3, -0.25) is 0 Å². The third kappa shape index (κ3) is 2.08. The van der Waals surface area contributed by atoms with E-state index in [0.717, 1.165) is 11.1 Å². The van der Waals surface area contributed by atoms with Crippen LogP contribution in [0.4, 0.5) is 0 Å². The van der Waals surface area contributed by atoms with Crippen molar-refractivity contribution in [3.05, 3.63) is 34.6 Å². The van der Waals surface area contributed by atoms with Gasteiger partial charge in [0.25, 0.3) is 0 Å². The summed E-state index contributed by atoms with van der Waals surface area (Å²) in [6, 6.07) is 3.79. The Morgan fingerprint density at radius 3 is 3.00 bits per heavy atom. The van der Waals surface area contributed by atoms with Crippen molar-refractivity contribution in [2.45, 2.75) is 6.92 Å². The van der Waals surface area contributed by atoms with Crippen molar-refractivity contribution in [1.29, 1.82) is 5.26 Å².